The fourth-order valence-corrected chi connectivity index (χ4v) is 4.95. The van der Waals surface area contributed by atoms with E-state index in [4.69, 9.17) is 0 Å². The fraction of sp³-hybridized carbons (Fsp3) is 0.579. The van der Waals surface area contributed by atoms with Crippen molar-refractivity contribution in [2.45, 2.75) is 64.2 Å². The Morgan fingerprint density at radius 3 is 2.05 bits per heavy atom. The molecule has 1 aliphatic heterocycles. The Bertz CT molecular complexity index is 531. The summed E-state index contributed by atoms with van der Waals surface area (Å²) < 4.78 is 0. The molecule has 1 aromatic rings. The van der Waals surface area contributed by atoms with Gasteiger partial charge >= 0.3 is 0 Å². The van der Waals surface area contributed by atoms with Crippen molar-refractivity contribution in [3.05, 3.63) is 34.7 Å². The van der Waals surface area contributed by atoms with Crippen molar-refractivity contribution in [2.75, 3.05) is 0 Å². The zero-order chi connectivity index (χ0) is 13.6. The highest BCUT2D eigenvalue weighted by molar-refractivity contribution is 7.58. The van der Waals surface area contributed by atoms with E-state index in [1.807, 2.05) is 0 Å². The van der Waals surface area contributed by atoms with Gasteiger partial charge in [0, 0.05) is 0 Å². The molecule has 107 valence electrons. The van der Waals surface area contributed by atoms with Gasteiger partial charge in [0.05, 0.1) is 0 Å². The van der Waals surface area contributed by atoms with E-state index >= 15 is 0 Å². The van der Waals surface area contributed by atoms with Crippen LogP contribution in [0.1, 0.15) is 64.2 Å². The number of hydrogen-bond donors (Lipinski definition) is 0. The average Bonchev–Trinajstić information content (AvgIpc) is 2.87. The third-order valence-corrected chi connectivity index (χ3v) is 6.11. The van der Waals surface area contributed by atoms with Crippen LogP contribution in [0.3, 0.4) is 0 Å². The van der Waals surface area contributed by atoms with Gasteiger partial charge in [-0.15, -0.1) is 0 Å². The van der Waals surface area contributed by atoms with E-state index in [0.717, 1.165) is 5.92 Å². The SMILES string of the molecule is C1=c2ccccc2=C(C2CCCCCCCCCC2)[P]1. The topological polar surface area (TPSA) is 0 Å². The second kappa shape index (κ2) is 7.41. The molecule has 0 amide bonds. The summed E-state index contributed by atoms with van der Waals surface area (Å²) in [6.07, 6.45) is 14.5. The first-order valence-corrected chi connectivity index (χ1v) is 9.42. The maximum atomic E-state index is 2.41. The molecule has 0 unspecified atom stereocenters. The van der Waals surface area contributed by atoms with Crippen LogP contribution in [0.15, 0.2) is 24.3 Å². The van der Waals surface area contributed by atoms with Crippen molar-refractivity contribution >= 4 is 19.7 Å². The molecule has 1 aromatic carbocycles. The van der Waals surface area contributed by atoms with Crippen LogP contribution in [-0.2, 0) is 0 Å². The third-order valence-electron chi connectivity index (χ3n) is 4.82. The molecule has 0 N–H and O–H groups in total. The van der Waals surface area contributed by atoms with Gasteiger partial charge < -0.3 is 0 Å². The monoisotopic (exact) mass is 285 g/mol. The molecule has 1 radical (unpaired) electrons. The van der Waals surface area contributed by atoms with Crippen molar-refractivity contribution in [2.24, 2.45) is 5.92 Å². The molecule has 1 saturated carbocycles. The summed E-state index contributed by atoms with van der Waals surface area (Å²) >= 11 is 0. The predicted octanol–water partition coefficient (Wildman–Crippen LogP) is 5.02. The molecule has 1 fully saturated rings. The smallest absolute Gasteiger partial charge is 0.0137 e. The van der Waals surface area contributed by atoms with E-state index in [1.165, 1.54) is 78.0 Å². The Kier molecular flexibility index (Phi) is 5.31. The van der Waals surface area contributed by atoms with E-state index in [9.17, 15) is 0 Å². The van der Waals surface area contributed by atoms with E-state index in [2.05, 4.69) is 30.1 Å². The Hall–Kier alpha value is -0.610. The van der Waals surface area contributed by atoms with Gasteiger partial charge in [-0.05, 0) is 48.9 Å². The second-order valence-electron chi connectivity index (χ2n) is 6.33. The van der Waals surface area contributed by atoms with Crippen LogP contribution in [-0.4, -0.2) is 0 Å². The Labute approximate surface area is 125 Å². The van der Waals surface area contributed by atoms with Gasteiger partial charge in [-0.25, -0.2) is 0 Å². The summed E-state index contributed by atoms with van der Waals surface area (Å²) in [7, 11) is 1.48. The lowest BCUT2D eigenvalue weighted by Gasteiger charge is -2.18. The van der Waals surface area contributed by atoms with Gasteiger partial charge in [-0.2, -0.15) is 0 Å². The van der Waals surface area contributed by atoms with Gasteiger partial charge in [-0.3, -0.25) is 0 Å². The summed E-state index contributed by atoms with van der Waals surface area (Å²) in [5.41, 5.74) is 0. The van der Waals surface area contributed by atoms with Gasteiger partial charge in [0.1, 0.15) is 0 Å². The first kappa shape index (κ1) is 14.3. The van der Waals surface area contributed by atoms with Gasteiger partial charge in [-0.1, -0.05) is 75.6 Å². The number of fused-ring (bicyclic) bond motifs is 1. The molecule has 20 heavy (non-hydrogen) atoms. The van der Waals surface area contributed by atoms with Gasteiger partial charge in [0.25, 0.3) is 0 Å². The van der Waals surface area contributed by atoms with Gasteiger partial charge in [0.15, 0.2) is 0 Å². The largest absolute Gasteiger partial charge is 0.0616 e. The van der Waals surface area contributed by atoms with Crippen molar-refractivity contribution in [1.29, 1.82) is 0 Å². The van der Waals surface area contributed by atoms with Crippen molar-refractivity contribution in [3.63, 3.8) is 0 Å². The van der Waals surface area contributed by atoms with Crippen LogP contribution in [0.2, 0.25) is 0 Å². The van der Waals surface area contributed by atoms with Crippen molar-refractivity contribution in [3.8, 4) is 0 Å². The molecular weight excluding hydrogens is 259 g/mol. The lowest BCUT2D eigenvalue weighted by Crippen LogP contribution is -2.23. The summed E-state index contributed by atoms with van der Waals surface area (Å²) in [5.74, 6) is 3.25. The summed E-state index contributed by atoms with van der Waals surface area (Å²) in [5, 5.41) is 4.74. The van der Waals surface area contributed by atoms with E-state index in [-0.39, 0.29) is 0 Å². The summed E-state index contributed by atoms with van der Waals surface area (Å²) in [6.45, 7) is 0. The fourth-order valence-electron chi connectivity index (χ4n) is 3.64. The van der Waals surface area contributed by atoms with Crippen LogP contribution < -0.4 is 10.4 Å². The standard InChI is InChI=1S/C19H26P/c1-2-4-6-8-12-16(11-7-5-3-1)19-18-14-10-9-13-17(18)15-20-19/h9-10,13-16H,1-8,11-12H2. The lowest BCUT2D eigenvalue weighted by atomic mass is 9.93. The summed E-state index contributed by atoms with van der Waals surface area (Å²) in [6, 6.07) is 9.00. The van der Waals surface area contributed by atoms with E-state index in [0.29, 0.717) is 0 Å². The maximum Gasteiger partial charge on any atom is -0.0137 e. The average molecular weight is 285 g/mol. The van der Waals surface area contributed by atoms with Crippen LogP contribution in [0, 0.1) is 5.92 Å². The minimum absolute atomic E-state index is 0.842. The predicted molar refractivity (Wildman–Crippen MR) is 90.1 cm³/mol. The third kappa shape index (κ3) is 3.53. The van der Waals surface area contributed by atoms with Crippen LogP contribution in [0.25, 0.3) is 11.1 Å². The quantitative estimate of drug-likeness (QED) is 0.635. The first-order valence-electron chi connectivity index (χ1n) is 8.45. The maximum absolute atomic E-state index is 2.41. The Morgan fingerprint density at radius 1 is 0.750 bits per heavy atom. The molecule has 0 saturated heterocycles. The molecule has 0 bridgehead atoms. The number of rotatable bonds is 1. The minimum Gasteiger partial charge on any atom is -0.0616 e. The zero-order valence-corrected chi connectivity index (χ0v) is 13.4. The Morgan fingerprint density at radius 2 is 1.35 bits per heavy atom. The molecule has 2 aliphatic rings. The highest BCUT2D eigenvalue weighted by Crippen LogP contribution is 2.39. The zero-order valence-electron chi connectivity index (χ0n) is 12.5. The van der Waals surface area contributed by atoms with Crippen molar-refractivity contribution < 1.29 is 0 Å². The molecule has 0 aromatic heterocycles. The Balaban J connectivity index is 1.78. The highest BCUT2D eigenvalue weighted by Gasteiger charge is 2.18. The van der Waals surface area contributed by atoms with E-state index in [1.54, 1.807) is 10.5 Å². The molecule has 0 spiro atoms. The lowest BCUT2D eigenvalue weighted by molar-refractivity contribution is 0.504. The molecular formula is C19H26P. The molecule has 3 rings (SSSR count). The first-order chi connectivity index (χ1) is 9.95. The second-order valence-corrected chi connectivity index (χ2v) is 7.33. The van der Waals surface area contributed by atoms with Crippen LogP contribution >= 0.6 is 8.58 Å². The molecule has 0 nitrogen and oxygen atoms in total. The van der Waals surface area contributed by atoms with Crippen LogP contribution in [0.5, 0.6) is 0 Å². The number of hydrogen-bond acceptors (Lipinski definition) is 0. The molecule has 1 heterocycles. The van der Waals surface area contributed by atoms with Crippen LogP contribution in [0.4, 0.5) is 0 Å². The van der Waals surface area contributed by atoms with Gasteiger partial charge in [0.2, 0.25) is 0 Å². The molecule has 0 atom stereocenters. The minimum atomic E-state index is 0.842. The normalized spacial score (nSPS) is 23.1. The van der Waals surface area contributed by atoms with E-state index < -0.39 is 0 Å². The molecule has 1 aliphatic carbocycles. The molecule has 1 heteroatoms. The number of benzene rings is 1. The van der Waals surface area contributed by atoms with Crippen molar-refractivity contribution in [1.82, 2.24) is 0 Å². The highest BCUT2D eigenvalue weighted by atomic mass is 31.1. The summed E-state index contributed by atoms with van der Waals surface area (Å²) in [4.78, 5) is 0.